The molecule has 1 saturated carbocycles. The third kappa shape index (κ3) is 8.26. The molecule has 1 aliphatic rings. The highest BCUT2D eigenvalue weighted by atomic mass is 32.2. The Morgan fingerprint density at radius 2 is 1.64 bits per heavy atom. The largest absolute Gasteiger partial charge is 0.465 e. The summed E-state index contributed by atoms with van der Waals surface area (Å²) in [6, 6.07) is 16.5. The van der Waals surface area contributed by atoms with Crippen LogP contribution in [-0.2, 0) is 26.0 Å². The number of fused-ring (bicyclic) bond motifs is 1. The highest BCUT2D eigenvalue weighted by Gasteiger charge is 2.30. The fourth-order valence-electron chi connectivity index (χ4n) is 6.00. The standard InChI is InChI=1S/C33H38N6O7S/c1-19-15-25(47(45,46)34-2)12-13-26(19)22-7-3-20(4-8-22)16-29(31(41)36-24-11-14-27-28(17-24)39-32(42)38-27)37-30(40)23-9-5-21(6-10-23)18-35-33(43)44/h3-4,7-8,11-15,17,21,23,29,34-35H,5-6,9-10,16,18H2,1-2H3,(H,36,41)(H,37,40)(H,43,44)(H2,38,39,42)/t21?,23?,29-/m0/s1. The van der Waals surface area contributed by atoms with Crippen molar-refractivity contribution in [1.82, 2.24) is 25.3 Å². The summed E-state index contributed by atoms with van der Waals surface area (Å²) in [5.41, 5.74) is 4.54. The van der Waals surface area contributed by atoms with E-state index in [0.717, 1.165) is 22.3 Å². The zero-order valence-corrected chi connectivity index (χ0v) is 26.9. The molecule has 5 rings (SSSR count). The van der Waals surface area contributed by atoms with Crippen LogP contribution in [0.25, 0.3) is 22.2 Å². The predicted octanol–water partition coefficient (Wildman–Crippen LogP) is 3.48. The van der Waals surface area contributed by atoms with Crippen molar-refractivity contribution >= 4 is 44.7 Å². The van der Waals surface area contributed by atoms with Crippen molar-refractivity contribution in [2.24, 2.45) is 11.8 Å². The van der Waals surface area contributed by atoms with Gasteiger partial charge in [-0.3, -0.25) is 9.59 Å². The number of sulfonamides is 1. The molecule has 248 valence electrons. The van der Waals surface area contributed by atoms with Crippen LogP contribution >= 0.6 is 0 Å². The zero-order valence-electron chi connectivity index (χ0n) is 26.1. The number of hydrogen-bond donors (Lipinski definition) is 7. The van der Waals surface area contributed by atoms with E-state index in [1.165, 1.54) is 7.05 Å². The maximum atomic E-state index is 13.6. The number of rotatable bonds is 11. The van der Waals surface area contributed by atoms with E-state index in [-0.39, 0.29) is 34.7 Å². The highest BCUT2D eigenvalue weighted by molar-refractivity contribution is 7.89. The van der Waals surface area contributed by atoms with E-state index in [2.05, 4.69) is 30.6 Å². The molecule has 1 fully saturated rings. The minimum absolute atomic E-state index is 0.162. The Bertz CT molecular complexity index is 1940. The van der Waals surface area contributed by atoms with Crippen molar-refractivity contribution in [1.29, 1.82) is 0 Å². The summed E-state index contributed by atoms with van der Waals surface area (Å²) >= 11 is 0. The van der Waals surface area contributed by atoms with Crippen molar-refractivity contribution in [2.45, 2.75) is 50.0 Å². The maximum absolute atomic E-state index is 13.6. The van der Waals surface area contributed by atoms with Crippen molar-refractivity contribution < 1.29 is 27.9 Å². The molecule has 14 heteroatoms. The number of anilines is 1. The Labute approximate surface area is 271 Å². The number of benzene rings is 3. The summed E-state index contributed by atoms with van der Waals surface area (Å²) in [7, 11) is -2.21. The summed E-state index contributed by atoms with van der Waals surface area (Å²) < 4.78 is 26.7. The van der Waals surface area contributed by atoms with Crippen LogP contribution in [0.1, 0.15) is 36.8 Å². The summed E-state index contributed by atoms with van der Waals surface area (Å²) in [5.74, 6) is -0.789. The van der Waals surface area contributed by atoms with Gasteiger partial charge in [-0.15, -0.1) is 0 Å². The van der Waals surface area contributed by atoms with Gasteiger partial charge in [0.2, 0.25) is 21.8 Å². The number of carbonyl (C=O) groups is 3. The third-order valence-electron chi connectivity index (χ3n) is 8.66. The molecule has 1 heterocycles. The second-order valence-electron chi connectivity index (χ2n) is 11.9. The lowest BCUT2D eigenvalue weighted by molar-refractivity contribution is -0.130. The first-order valence-electron chi connectivity index (χ1n) is 15.4. The molecule has 13 nitrogen and oxygen atoms in total. The van der Waals surface area contributed by atoms with Gasteiger partial charge in [-0.2, -0.15) is 0 Å². The van der Waals surface area contributed by atoms with Gasteiger partial charge in [0.1, 0.15) is 6.04 Å². The molecule has 0 saturated heterocycles. The molecule has 0 unspecified atom stereocenters. The number of aromatic amines is 2. The Balaban J connectivity index is 1.32. The number of carbonyl (C=O) groups excluding carboxylic acids is 2. The molecule has 47 heavy (non-hydrogen) atoms. The number of amides is 3. The lowest BCUT2D eigenvalue weighted by Crippen LogP contribution is -2.48. The summed E-state index contributed by atoms with van der Waals surface area (Å²) in [6.07, 6.45) is 1.72. The van der Waals surface area contributed by atoms with Crippen molar-refractivity contribution in [2.75, 3.05) is 18.9 Å². The van der Waals surface area contributed by atoms with E-state index < -0.39 is 28.1 Å². The number of hydrogen-bond acceptors (Lipinski definition) is 6. The number of aryl methyl sites for hydroxylation is 1. The Morgan fingerprint density at radius 1 is 0.936 bits per heavy atom. The average Bonchev–Trinajstić information content (AvgIpc) is 3.43. The van der Waals surface area contributed by atoms with E-state index in [9.17, 15) is 27.6 Å². The van der Waals surface area contributed by atoms with Gasteiger partial charge in [0.15, 0.2) is 0 Å². The first-order chi connectivity index (χ1) is 22.4. The number of H-pyrrole nitrogens is 2. The predicted molar refractivity (Wildman–Crippen MR) is 178 cm³/mol. The number of aromatic nitrogens is 2. The van der Waals surface area contributed by atoms with Gasteiger partial charge >= 0.3 is 11.8 Å². The van der Waals surface area contributed by atoms with E-state index in [4.69, 9.17) is 5.11 Å². The molecule has 3 aromatic carbocycles. The second-order valence-corrected chi connectivity index (χ2v) is 13.8. The Kier molecular flexibility index (Phi) is 10.1. The van der Waals surface area contributed by atoms with Crippen molar-refractivity contribution in [3.63, 3.8) is 0 Å². The lowest BCUT2D eigenvalue weighted by Gasteiger charge is -2.29. The summed E-state index contributed by atoms with van der Waals surface area (Å²) in [5, 5.41) is 17.1. The molecule has 3 amide bonds. The maximum Gasteiger partial charge on any atom is 0.404 e. The van der Waals surface area contributed by atoms with Crippen LogP contribution in [0, 0.1) is 18.8 Å². The molecule has 0 bridgehead atoms. The van der Waals surface area contributed by atoms with Crippen LogP contribution in [0.4, 0.5) is 10.5 Å². The first-order valence-corrected chi connectivity index (χ1v) is 16.8. The smallest absolute Gasteiger partial charge is 0.404 e. The Morgan fingerprint density at radius 3 is 2.30 bits per heavy atom. The van der Waals surface area contributed by atoms with Gasteiger partial charge in [-0.25, -0.2) is 22.7 Å². The molecular weight excluding hydrogens is 624 g/mol. The fraction of sp³-hybridized carbons (Fsp3) is 0.333. The molecule has 0 spiro atoms. The van der Waals surface area contributed by atoms with Crippen LogP contribution in [0.5, 0.6) is 0 Å². The van der Waals surface area contributed by atoms with Gasteiger partial charge in [0.05, 0.1) is 15.9 Å². The molecule has 0 aliphatic heterocycles. The van der Waals surface area contributed by atoms with Gasteiger partial charge in [0.25, 0.3) is 0 Å². The van der Waals surface area contributed by atoms with Crippen LogP contribution in [-0.4, -0.2) is 61.0 Å². The third-order valence-corrected chi connectivity index (χ3v) is 10.1. The second kappa shape index (κ2) is 14.2. The van der Waals surface area contributed by atoms with Crippen LogP contribution in [0.15, 0.2) is 70.4 Å². The van der Waals surface area contributed by atoms with E-state index >= 15 is 0 Å². The summed E-state index contributed by atoms with van der Waals surface area (Å²) in [4.78, 5) is 55.1. The fourth-order valence-corrected chi connectivity index (χ4v) is 6.81. The zero-order chi connectivity index (χ0) is 33.7. The molecule has 0 radical (unpaired) electrons. The summed E-state index contributed by atoms with van der Waals surface area (Å²) in [6.45, 7) is 2.19. The monoisotopic (exact) mass is 662 g/mol. The number of carboxylic acid groups (broad SMARTS) is 1. The van der Waals surface area contributed by atoms with Crippen molar-refractivity contribution in [3.05, 3.63) is 82.3 Å². The van der Waals surface area contributed by atoms with E-state index in [1.807, 2.05) is 31.2 Å². The topological polar surface area (TPSA) is 202 Å². The highest BCUT2D eigenvalue weighted by Crippen LogP contribution is 2.29. The minimum Gasteiger partial charge on any atom is -0.465 e. The quantitative estimate of drug-likeness (QED) is 0.127. The molecule has 4 aromatic rings. The molecule has 7 N–H and O–H groups in total. The molecule has 1 aromatic heterocycles. The molecular formula is C33H38N6O7S. The van der Waals surface area contributed by atoms with Gasteiger partial charge in [-0.05, 0) is 98.2 Å². The van der Waals surface area contributed by atoms with Gasteiger partial charge < -0.3 is 31.0 Å². The number of imidazole rings is 1. The van der Waals surface area contributed by atoms with Gasteiger partial charge in [-0.1, -0.05) is 30.3 Å². The van der Waals surface area contributed by atoms with E-state index in [1.54, 1.807) is 36.4 Å². The first kappa shape index (κ1) is 33.4. The minimum atomic E-state index is -3.57. The average molecular weight is 663 g/mol. The lowest BCUT2D eigenvalue weighted by atomic mass is 9.81. The van der Waals surface area contributed by atoms with Crippen LogP contribution < -0.4 is 26.4 Å². The SMILES string of the molecule is CNS(=O)(=O)c1ccc(-c2ccc(C[C@H](NC(=O)C3CCC(CNC(=O)O)CC3)C(=O)Nc3ccc4[nH]c(=O)[nH]c4c3)cc2)c(C)c1. The normalized spacial score (nSPS) is 17.1. The van der Waals surface area contributed by atoms with Gasteiger partial charge in [0, 0.05) is 24.6 Å². The van der Waals surface area contributed by atoms with Crippen LogP contribution in [0.3, 0.4) is 0 Å². The molecule has 1 atom stereocenters. The number of nitrogens with one attached hydrogen (secondary N) is 6. The van der Waals surface area contributed by atoms with E-state index in [0.29, 0.717) is 48.9 Å². The molecule has 1 aliphatic carbocycles. The Hall–Kier alpha value is -4.95. The van der Waals surface area contributed by atoms with Crippen LogP contribution in [0.2, 0.25) is 0 Å². The van der Waals surface area contributed by atoms with Crippen molar-refractivity contribution in [3.8, 4) is 11.1 Å².